The molecule has 3 rings (SSSR count). The number of benzene rings is 1. The quantitative estimate of drug-likeness (QED) is 0.787. The van der Waals surface area contributed by atoms with Crippen LogP contribution in [-0.4, -0.2) is 28.1 Å². The molecule has 0 unspecified atom stereocenters. The van der Waals surface area contributed by atoms with Crippen molar-refractivity contribution < 1.29 is 9.31 Å². The molecule has 0 N–H and O–H groups in total. The number of rotatable bonds is 2. The van der Waals surface area contributed by atoms with Crippen molar-refractivity contribution in [1.82, 2.24) is 9.78 Å². The summed E-state index contributed by atoms with van der Waals surface area (Å²) in [4.78, 5) is 0. The summed E-state index contributed by atoms with van der Waals surface area (Å²) < 4.78 is 14.1. The van der Waals surface area contributed by atoms with Crippen molar-refractivity contribution in [2.75, 3.05) is 0 Å². The molecule has 1 aliphatic heterocycles. The van der Waals surface area contributed by atoms with E-state index in [2.05, 4.69) is 52.0 Å². The highest BCUT2D eigenvalue weighted by molar-refractivity contribution is 6.62. The molecule has 2 aromatic rings. The van der Waals surface area contributed by atoms with E-state index in [0.29, 0.717) is 0 Å². The van der Waals surface area contributed by atoms with Crippen LogP contribution in [0.25, 0.3) is 10.9 Å². The fraction of sp³-hybridized carbons (Fsp3) is 0.533. The van der Waals surface area contributed by atoms with Crippen LogP contribution in [0.15, 0.2) is 24.4 Å². The molecule has 0 spiro atoms. The third kappa shape index (κ3) is 2.05. The summed E-state index contributed by atoms with van der Waals surface area (Å²) in [5.74, 6) is 0. The molecule has 0 aliphatic carbocycles. The van der Waals surface area contributed by atoms with Gasteiger partial charge in [-0.25, -0.2) is 0 Å². The molecule has 1 aromatic carbocycles. The Morgan fingerprint density at radius 1 is 1.15 bits per heavy atom. The molecule has 2 heterocycles. The van der Waals surface area contributed by atoms with Crippen LogP contribution in [0.5, 0.6) is 0 Å². The molecule has 106 valence electrons. The Bertz CT molecular complexity index is 632. The van der Waals surface area contributed by atoms with E-state index in [-0.39, 0.29) is 18.3 Å². The molecule has 1 saturated heterocycles. The van der Waals surface area contributed by atoms with Crippen molar-refractivity contribution in [3.05, 3.63) is 24.4 Å². The van der Waals surface area contributed by atoms with Gasteiger partial charge in [-0.2, -0.15) is 5.10 Å². The zero-order valence-corrected chi connectivity index (χ0v) is 12.8. The number of hydrogen-bond donors (Lipinski definition) is 0. The van der Waals surface area contributed by atoms with Gasteiger partial charge in [0.25, 0.3) is 0 Å². The lowest BCUT2D eigenvalue weighted by atomic mass is 9.79. The Labute approximate surface area is 120 Å². The largest absolute Gasteiger partial charge is 0.494 e. The Balaban J connectivity index is 1.95. The molecule has 0 amide bonds. The zero-order valence-electron chi connectivity index (χ0n) is 12.8. The van der Waals surface area contributed by atoms with Crippen LogP contribution in [-0.2, 0) is 15.9 Å². The van der Waals surface area contributed by atoms with Crippen LogP contribution in [0.1, 0.15) is 34.6 Å². The van der Waals surface area contributed by atoms with Crippen molar-refractivity contribution >= 4 is 23.5 Å². The highest BCUT2D eigenvalue weighted by Gasteiger charge is 2.51. The Morgan fingerprint density at radius 3 is 2.40 bits per heavy atom. The van der Waals surface area contributed by atoms with E-state index in [4.69, 9.17) is 9.31 Å². The van der Waals surface area contributed by atoms with Gasteiger partial charge in [0.15, 0.2) is 0 Å². The number of aryl methyl sites for hydroxylation is 1. The van der Waals surface area contributed by atoms with Gasteiger partial charge in [-0.1, -0.05) is 12.1 Å². The maximum atomic E-state index is 6.08. The van der Waals surface area contributed by atoms with Gasteiger partial charge in [0.1, 0.15) is 0 Å². The predicted octanol–water partition coefficient (Wildman–Crippen LogP) is 2.36. The topological polar surface area (TPSA) is 36.3 Å². The third-order valence-corrected chi connectivity index (χ3v) is 4.43. The van der Waals surface area contributed by atoms with Gasteiger partial charge in [-0.15, -0.1) is 0 Å². The second-order valence-corrected chi connectivity index (χ2v) is 6.39. The van der Waals surface area contributed by atoms with Gasteiger partial charge in [-0.05, 0) is 46.1 Å². The first kappa shape index (κ1) is 13.6. The second kappa shape index (κ2) is 4.33. The average molecular weight is 272 g/mol. The SMILES string of the molecule is CCn1cc2cc(B3OC(C)(C)C(C)(C)O3)ccc2n1. The van der Waals surface area contributed by atoms with Gasteiger partial charge in [-0.3, -0.25) is 4.68 Å². The van der Waals surface area contributed by atoms with E-state index in [0.717, 1.165) is 22.9 Å². The Kier molecular flexibility index (Phi) is 2.96. The molecule has 0 saturated carbocycles. The fourth-order valence-electron chi connectivity index (χ4n) is 2.38. The third-order valence-electron chi connectivity index (χ3n) is 4.43. The van der Waals surface area contributed by atoms with E-state index in [9.17, 15) is 0 Å². The number of fused-ring (bicyclic) bond motifs is 1. The van der Waals surface area contributed by atoms with Gasteiger partial charge >= 0.3 is 7.12 Å². The van der Waals surface area contributed by atoms with E-state index >= 15 is 0 Å². The molecule has 1 aromatic heterocycles. The van der Waals surface area contributed by atoms with Crippen molar-refractivity contribution in [3.8, 4) is 0 Å². The second-order valence-electron chi connectivity index (χ2n) is 6.39. The number of aromatic nitrogens is 2. The zero-order chi connectivity index (χ0) is 14.5. The summed E-state index contributed by atoms with van der Waals surface area (Å²) in [5, 5.41) is 5.62. The molecule has 20 heavy (non-hydrogen) atoms. The first-order valence-electron chi connectivity index (χ1n) is 7.15. The van der Waals surface area contributed by atoms with Crippen LogP contribution in [0.2, 0.25) is 0 Å². The molecule has 1 aliphatic rings. The van der Waals surface area contributed by atoms with Crippen molar-refractivity contribution in [2.24, 2.45) is 0 Å². The normalized spacial score (nSPS) is 20.8. The molecule has 1 fully saturated rings. The lowest BCUT2D eigenvalue weighted by Crippen LogP contribution is -2.41. The molecule has 0 radical (unpaired) electrons. The van der Waals surface area contributed by atoms with Gasteiger partial charge < -0.3 is 9.31 Å². The molecule has 5 heteroatoms. The van der Waals surface area contributed by atoms with Gasteiger partial charge in [0.05, 0.1) is 16.7 Å². The standard InChI is InChI=1S/C15H21BN2O2/c1-6-18-10-11-9-12(7-8-13(11)17-18)16-19-14(2,3)15(4,5)20-16/h7-10H,6H2,1-5H3. The molecule has 4 nitrogen and oxygen atoms in total. The van der Waals surface area contributed by atoms with E-state index in [1.807, 2.05) is 16.8 Å². The number of nitrogens with zero attached hydrogens (tertiary/aromatic N) is 2. The van der Waals surface area contributed by atoms with Gasteiger partial charge in [0, 0.05) is 18.1 Å². The molecular formula is C15H21BN2O2. The van der Waals surface area contributed by atoms with Crippen molar-refractivity contribution in [1.29, 1.82) is 0 Å². The summed E-state index contributed by atoms with van der Waals surface area (Å²) in [6.07, 6.45) is 2.06. The Morgan fingerprint density at radius 2 is 1.80 bits per heavy atom. The first-order valence-corrected chi connectivity index (χ1v) is 7.15. The van der Waals surface area contributed by atoms with E-state index < -0.39 is 0 Å². The first-order chi connectivity index (χ1) is 9.32. The molecule has 0 bridgehead atoms. The average Bonchev–Trinajstić information content (AvgIpc) is 2.87. The molecule has 0 atom stereocenters. The summed E-state index contributed by atoms with van der Waals surface area (Å²) >= 11 is 0. The summed E-state index contributed by atoms with van der Waals surface area (Å²) in [7, 11) is -0.311. The maximum absolute atomic E-state index is 6.08. The van der Waals surface area contributed by atoms with Crippen molar-refractivity contribution in [3.63, 3.8) is 0 Å². The monoisotopic (exact) mass is 272 g/mol. The van der Waals surface area contributed by atoms with Crippen molar-refractivity contribution in [2.45, 2.75) is 52.4 Å². The van der Waals surface area contributed by atoms with E-state index in [1.165, 1.54) is 0 Å². The summed E-state index contributed by atoms with van der Waals surface area (Å²) in [6, 6.07) is 6.18. The highest BCUT2D eigenvalue weighted by Crippen LogP contribution is 2.36. The Hall–Kier alpha value is -1.33. The summed E-state index contributed by atoms with van der Waals surface area (Å²) in [6.45, 7) is 11.2. The van der Waals surface area contributed by atoms with Crippen LogP contribution in [0.3, 0.4) is 0 Å². The van der Waals surface area contributed by atoms with Crippen LogP contribution in [0, 0.1) is 0 Å². The smallest absolute Gasteiger partial charge is 0.399 e. The van der Waals surface area contributed by atoms with Gasteiger partial charge in [0.2, 0.25) is 0 Å². The minimum absolute atomic E-state index is 0.305. The van der Waals surface area contributed by atoms with Crippen LogP contribution >= 0.6 is 0 Å². The predicted molar refractivity (Wildman–Crippen MR) is 81.1 cm³/mol. The maximum Gasteiger partial charge on any atom is 0.494 e. The molecular weight excluding hydrogens is 251 g/mol. The minimum atomic E-state index is -0.311. The lowest BCUT2D eigenvalue weighted by Gasteiger charge is -2.32. The van der Waals surface area contributed by atoms with Crippen LogP contribution in [0.4, 0.5) is 0 Å². The lowest BCUT2D eigenvalue weighted by molar-refractivity contribution is 0.00578. The minimum Gasteiger partial charge on any atom is -0.399 e. The highest BCUT2D eigenvalue weighted by atomic mass is 16.7. The fourth-order valence-corrected chi connectivity index (χ4v) is 2.38. The summed E-state index contributed by atoms with van der Waals surface area (Å²) in [5.41, 5.74) is 1.44. The van der Waals surface area contributed by atoms with E-state index in [1.54, 1.807) is 0 Å². The van der Waals surface area contributed by atoms with Crippen LogP contribution < -0.4 is 5.46 Å². The number of hydrogen-bond acceptors (Lipinski definition) is 3.